The number of hydrogen-bond donors (Lipinski definition) is 0. The molecule has 0 unspecified atom stereocenters. The van der Waals surface area contributed by atoms with E-state index in [9.17, 15) is 0 Å². The minimum atomic E-state index is 1.08. The summed E-state index contributed by atoms with van der Waals surface area (Å²) in [6.07, 6.45) is 0. The van der Waals surface area contributed by atoms with E-state index in [0.717, 1.165) is 34.0 Å². The first-order valence-electron chi connectivity index (χ1n) is 24.4. The molecule has 332 valence electrons. The van der Waals surface area contributed by atoms with Crippen LogP contribution in [-0.4, -0.2) is 9.13 Å². The zero-order chi connectivity index (χ0) is 46.8. The van der Waals surface area contributed by atoms with Crippen LogP contribution in [0.25, 0.3) is 110 Å². The summed E-state index contributed by atoms with van der Waals surface area (Å²) in [5, 5.41) is 9.88. The second-order valence-corrected chi connectivity index (χ2v) is 18.5. The number of hydrogen-bond acceptors (Lipinski definition) is 1. The lowest BCUT2D eigenvalue weighted by Crippen LogP contribution is -2.11. The Morgan fingerprint density at radius 1 is 0.254 bits per heavy atom. The molecule has 2 heterocycles. The third-order valence-electron chi connectivity index (χ3n) is 14.5. The first kappa shape index (κ1) is 40.6. The van der Waals surface area contributed by atoms with E-state index in [1.807, 2.05) is 0 Å². The van der Waals surface area contributed by atoms with Crippen LogP contribution in [0.3, 0.4) is 0 Å². The van der Waals surface area contributed by atoms with E-state index in [1.54, 1.807) is 0 Å². The van der Waals surface area contributed by atoms with Gasteiger partial charge in [-0.3, -0.25) is 0 Å². The lowest BCUT2D eigenvalue weighted by Gasteiger charge is -2.28. The number of anilines is 3. The molecule has 0 amide bonds. The first-order valence-corrected chi connectivity index (χ1v) is 24.4. The topological polar surface area (TPSA) is 13.1 Å². The molecule has 3 nitrogen and oxygen atoms in total. The van der Waals surface area contributed by atoms with Gasteiger partial charge < -0.3 is 14.0 Å². The molecular weight excluding hydrogens is 859 g/mol. The standard InChI is InChI=1S/C68H45N3/c1-2-17-52(18-3-1)70-63-26-11-8-24-61(63)62-42-37-51(45-68(62)70)48-31-29-46(30-32-48)47-33-38-53(39-34-47)69(54-40-35-50(36-41-54)56-25-14-16-49-15-4-5-19-55(49)56)66-43-44-67(60-21-7-6-20-59(60)66)71-64-27-12-9-22-57(64)58-23-10-13-28-65(58)71/h1-45H. The molecule has 0 bridgehead atoms. The Labute approximate surface area is 412 Å². The van der Waals surface area contributed by atoms with Crippen molar-refractivity contribution in [2.75, 3.05) is 4.90 Å². The van der Waals surface area contributed by atoms with Gasteiger partial charge in [-0.1, -0.05) is 200 Å². The maximum atomic E-state index is 2.43. The molecule has 0 radical (unpaired) electrons. The fourth-order valence-corrected chi connectivity index (χ4v) is 11.2. The molecule has 0 atom stereocenters. The molecule has 0 saturated carbocycles. The van der Waals surface area contributed by atoms with Crippen LogP contribution < -0.4 is 4.90 Å². The van der Waals surface area contributed by atoms with Crippen molar-refractivity contribution in [2.45, 2.75) is 0 Å². The Morgan fingerprint density at radius 2 is 0.704 bits per heavy atom. The predicted octanol–water partition coefficient (Wildman–Crippen LogP) is 18.7. The summed E-state index contributed by atoms with van der Waals surface area (Å²) >= 11 is 0. The number of aromatic nitrogens is 2. The summed E-state index contributed by atoms with van der Waals surface area (Å²) < 4.78 is 4.82. The van der Waals surface area contributed by atoms with Gasteiger partial charge in [-0.25, -0.2) is 0 Å². The summed E-state index contributed by atoms with van der Waals surface area (Å²) in [7, 11) is 0. The maximum absolute atomic E-state index is 2.43. The fraction of sp³-hybridized carbons (Fsp3) is 0. The second-order valence-electron chi connectivity index (χ2n) is 18.5. The van der Waals surface area contributed by atoms with Crippen molar-refractivity contribution >= 4 is 82.2 Å². The molecular formula is C68H45N3. The average Bonchev–Trinajstić information content (AvgIpc) is 3.96. The van der Waals surface area contributed by atoms with Gasteiger partial charge >= 0.3 is 0 Å². The SMILES string of the molecule is c1ccc(-n2c3ccccc3c3ccc(-c4ccc(-c5ccc(N(c6ccc(-c7cccc8ccccc78)cc6)c6ccc(-n7c8ccccc8c8ccccc87)c7ccccc67)cc5)cc4)cc32)cc1. The first-order chi connectivity index (χ1) is 35.2. The van der Waals surface area contributed by atoms with Crippen molar-refractivity contribution in [3.63, 3.8) is 0 Å². The van der Waals surface area contributed by atoms with Crippen LogP contribution in [0.4, 0.5) is 17.1 Å². The highest BCUT2D eigenvalue weighted by Gasteiger charge is 2.21. The van der Waals surface area contributed by atoms with Gasteiger partial charge in [-0.15, -0.1) is 0 Å². The van der Waals surface area contributed by atoms with Crippen LogP contribution in [0, 0.1) is 0 Å². The molecule has 0 spiro atoms. The van der Waals surface area contributed by atoms with Crippen LogP contribution in [0.15, 0.2) is 273 Å². The van der Waals surface area contributed by atoms with Gasteiger partial charge in [0, 0.05) is 49.4 Å². The van der Waals surface area contributed by atoms with E-state index >= 15 is 0 Å². The molecule has 0 saturated heterocycles. The number of fused-ring (bicyclic) bond motifs is 8. The van der Waals surface area contributed by atoms with Gasteiger partial charge in [0.2, 0.25) is 0 Å². The highest BCUT2D eigenvalue weighted by atomic mass is 15.1. The van der Waals surface area contributed by atoms with Gasteiger partial charge in [-0.05, 0) is 117 Å². The van der Waals surface area contributed by atoms with E-state index in [0.29, 0.717) is 0 Å². The zero-order valence-corrected chi connectivity index (χ0v) is 38.8. The van der Waals surface area contributed by atoms with Crippen LogP contribution in [0.2, 0.25) is 0 Å². The smallest absolute Gasteiger partial charge is 0.0547 e. The minimum absolute atomic E-state index is 1.08. The van der Waals surface area contributed by atoms with Crippen LogP contribution in [0.5, 0.6) is 0 Å². The zero-order valence-electron chi connectivity index (χ0n) is 38.8. The normalized spacial score (nSPS) is 11.7. The molecule has 2 aromatic heterocycles. The van der Waals surface area contributed by atoms with E-state index in [-0.39, 0.29) is 0 Å². The lowest BCUT2D eigenvalue weighted by atomic mass is 9.97. The summed E-state index contributed by atoms with van der Waals surface area (Å²) in [5.41, 5.74) is 17.6. The molecule has 0 aliphatic rings. The molecule has 0 N–H and O–H groups in total. The number of para-hydroxylation sites is 4. The van der Waals surface area contributed by atoms with E-state index < -0.39 is 0 Å². The van der Waals surface area contributed by atoms with Crippen molar-refractivity contribution in [2.24, 2.45) is 0 Å². The Bertz CT molecular complexity index is 4250. The molecule has 0 aliphatic carbocycles. The summed E-state index contributed by atoms with van der Waals surface area (Å²) in [5.74, 6) is 0. The molecule has 3 heteroatoms. The number of benzene rings is 12. The number of nitrogens with zero attached hydrogens (tertiary/aromatic N) is 3. The van der Waals surface area contributed by atoms with Crippen molar-refractivity contribution in [1.29, 1.82) is 0 Å². The number of rotatable bonds is 8. The highest BCUT2D eigenvalue weighted by molar-refractivity contribution is 6.13. The summed E-state index contributed by atoms with van der Waals surface area (Å²) in [6, 6.07) is 99.7. The molecule has 71 heavy (non-hydrogen) atoms. The quantitative estimate of drug-likeness (QED) is 0.148. The second kappa shape index (κ2) is 16.7. The third-order valence-corrected chi connectivity index (χ3v) is 14.5. The molecule has 12 aromatic carbocycles. The Hall–Kier alpha value is -9.44. The van der Waals surface area contributed by atoms with Crippen molar-refractivity contribution in [1.82, 2.24) is 9.13 Å². The summed E-state index contributed by atoms with van der Waals surface area (Å²) in [6.45, 7) is 0. The maximum Gasteiger partial charge on any atom is 0.0547 e. The molecule has 14 aromatic rings. The Kier molecular flexibility index (Phi) is 9.53. The van der Waals surface area contributed by atoms with Gasteiger partial charge in [0.15, 0.2) is 0 Å². The van der Waals surface area contributed by atoms with Gasteiger partial charge in [0.05, 0.1) is 33.4 Å². The van der Waals surface area contributed by atoms with Crippen LogP contribution in [0.1, 0.15) is 0 Å². The van der Waals surface area contributed by atoms with Crippen LogP contribution in [-0.2, 0) is 0 Å². The summed E-state index contributed by atoms with van der Waals surface area (Å²) in [4.78, 5) is 2.42. The Balaban J connectivity index is 0.860. The minimum Gasteiger partial charge on any atom is -0.310 e. The van der Waals surface area contributed by atoms with Crippen molar-refractivity contribution in [3.05, 3.63) is 273 Å². The van der Waals surface area contributed by atoms with E-state index in [4.69, 9.17) is 0 Å². The van der Waals surface area contributed by atoms with E-state index in [1.165, 1.54) is 93.0 Å². The monoisotopic (exact) mass is 903 g/mol. The lowest BCUT2D eigenvalue weighted by molar-refractivity contribution is 1.18. The third kappa shape index (κ3) is 6.74. The van der Waals surface area contributed by atoms with Crippen LogP contribution >= 0.6 is 0 Å². The van der Waals surface area contributed by atoms with Gasteiger partial charge in [0.1, 0.15) is 0 Å². The van der Waals surface area contributed by atoms with Gasteiger partial charge in [0.25, 0.3) is 0 Å². The van der Waals surface area contributed by atoms with Crippen molar-refractivity contribution in [3.8, 4) is 44.8 Å². The molecule has 0 aliphatic heterocycles. The highest BCUT2D eigenvalue weighted by Crippen LogP contribution is 2.44. The van der Waals surface area contributed by atoms with Crippen molar-refractivity contribution < 1.29 is 0 Å². The van der Waals surface area contributed by atoms with Gasteiger partial charge in [-0.2, -0.15) is 0 Å². The molecule has 0 fully saturated rings. The average molecular weight is 904 g/mol. The fourth-order valence-electron chi connectivity index (χ4n) is 11.2. The van der Waals surface area contributed by atoms with E-state index in [2.05, 4.69) is 287 Å². The predicted molar refractivity (Wildman–Crippen MR) is 301 cm³/mol. The largest absolute Gasteiger partial charge is 0.310 e. The molecule has 14 rings (SSSR count). The Morgan fingerprint density at radius 3 is 1.34 bits per heavy atom.